The normalized spacial score (nSPS) is 11.5. The first-order valence-electron chi connectivity index (χ1n) is 12.7. The van der Waals surface area contributed by atoms with Crippen LogP contribution in [0.5, 0.6) is 0 Å². The van der Waals surface area contributed by atoms with Gasteiger partial charge in [0.2, 0.25) is 0 Å². The van der Waals surface area contributed by atoms with Crippen LogP contribution in [0.1, 0.15) is 21.5 Å². The van der Waals surface area contributed by atoms with Crippen molar-refractivity contribution in [3.63, 3.8) is 0 Å². The number of halogens is 5. The van der Waals surface area contributed by atoms with Crippen molar-refractivity contribution in [3.05, 3.63) is 122 Å². The van der Waals surface area contributed by atoms with E-state index in [9.17, 15) is 23.5 Å². The van der Waals surface area contributed by atoms with Gasteiger partial charge >= 0.3 is 19.6 Å². The van der Waals surface area contributed by atoms with Crippen molar-refractivity contribution in [2.45, 2.75) is 12.7 Å². The fourth-order valence-electron chi connectivity index (χ4n) is 4.47. The second-order valence-electron chi connectivity index (χ2n) is 9.46. The number of carbonyl (C=O) groups is 1. The highest BCUT2D eigenvalue weighted by Gasteiger charge is 2.29. The van der Waals surface area contributed by atoms with E-state index in [0.717, 1.165) is 0 Å². The number of oxazole rings is 1. The maximum absolute atomic E-state index is 12.6. The Kier molecular flexibility index (Phi) is 9.84. The average molecular weight is 724 g/mol. The van der Waals surface area contributed by atoms with E-state index in [2.05, 4.69) is 30.4 Å². The van der Waals surface area contributed by atoms with E-state index in [-0.39, 0.29) is 23.7 Å². The minimum absolute atomic E-state index is 0.170. The van der Waals surface area contributed by atoms with Gasteiger partial charge in [-0.2, -0.15) is 0 Å². The molecule has 0 aliphatic heterocycles. The average Bonchev–Trinajstić information content (AvgIpc) is 3.53. The Morgan fingerprint density at radius 2 is 1.70 bits per heavy atom. The molecular formula is C30H20BrCl2F2N2O6P. The molecule has 1 aromatic heterocycles. The summed E-state index contributed by atoms with van der Waals surface area (Å²) in [6, 6.07) is 24.0. The molecule has 14 heteroatoms. The number of benzene rings is 4. The zero-order chi connectivity index (χ0) is 31.4. The van der Waals surface area contributed by atoms with Gasteiger partial charge < -0.3 is 9.52 Å². The number of nitrogens with zero attached hydrogens (tertiary/aromatic N) is 2. The lowest BCUT2D eigenvalue weighted by Crippen LogP contribution is -2.17. The Hall–Kier alpha value is -3.57. The molecule has 0 aliphatic rings. The molecule has 1 N–H and O–H groups in total. The van der Waals surface area contributed by atoms with Crippen molar-refractivity contribution >= 4 is 64.4 Å². The van der Waals surface area contributed by atoms with Gasteiger partial charge in [-0.05, 0) is 67.7 Å². The van der Waals surface area contributed by atoms with Crippen molar-refractivity contribution in [3.8, 4) is 22.5 Å². The number of carboxylic acid groups (broad SMARTS) is 1. The summed E-state index contributed by atoms with van der Waals surface area (Å²) in [5, 5.41) is 10.3. The molecule has 226 valence electrons. The molecule has 5 rings (SSSR count). The predicted molar refractivity (Wildman–Crippen MR) is 166 cm³/mol. The maximum Gasteiger partial charge on any atom is 0.399 e. The Morgan fingerprint density at radius 3 is 2.41 bits per heavy atom. The number of hydrogen-bond acceptors (Lipinski definition) is 7. The van der Waals surface area contributed by atoms with Gasteiger partial charge in [-0.1, -0.05) is 87.7 Å². The van der Waals surface area contributed by atoms with Crippen LogP contribution in [-0.2, 0) is 26.7 Å². The molecule has 1 heterocycles. The molecule has 0 fully saturated rings. The van der Waals surface area contributed by atoms with Crippen LogP contribution in [0.3, 0.4) is 0 Å². The number of hydrogen-bond donors (Lipinski definition) is 1. The second kappa shape index (κ2) is 13.6. The van der Waals surface area contributed by atoms with Gasteiger partial charge in [-0.25, -0.2) is 9.78 Å². The van der Waals surface area contributed by atoms with Gasteiger partial charge in [0.25, 0.3) is 0 Å². The summed E-state index contributed by atoms with van der Waals surface area (Å²) in [4.78, 5) is 18.0. The van der Waals surface area contributed by atoms with E-state index in [1.165, 1.54) is 6.07 Å². The van der Waals surface area contributed by atoms with Crippen LogP contribution in [0.15, 0.2) is 100 Å². The van der Waals surface area contributed by atoms with Crippen molar-refractivity contribution < 1.29 is 37.4 Å². The summed E-state index contributed by atoms with van der Waals surface area (Å²) in [5.41, 5.74) is 3.66. The van der Waals surface area contributed by atoms with Gasteiger partial charge in [0.1, 0.15) is 0 Å². The lowest BCUT2D eigenvalue weighted by Gasteiger charge is -2.22. The van der Waals surface area contributed by atoms with Crippen molar-refractivity contribution in [2.24, 2.45) is 0 Å². The lowest BCUT2D eigenvalue weighted by atomic mass is 9.98. The monoisotopic (exact) mass is 722 g/mol. The maximum atomic E-state index is 12.6. The van der Waals surface area contributed by atoms with Crippen LogP contribution in [0.25, 0.3) is 22.5 Å². The molecule has 0 bridgehead atoms. The highest BCUT2D eigenvalue weighted by Crippen LogP contribution is 2.53. The third-order valence-electron chi connectivity index (χ3n) is 6.59. The van der Waals surface area contributed by atoms with Crippen molar-refractivity contribution in [2.75, 3.05) is 4.90 Å². The molecule has 0 aliphatic carbocycles. The van der Waals surface area contributed by atoms with Crippen LogP contribution in [0.2, 0.25) is 10.0 Å². The molecular weight excluding hydrogens is 704 g/mol. The van der Waals surface area contributed by atoms with Crippen molar-refractivity contribution in [1.29, 1.82) is 0 Å². The summed E-state index contributed by atoms with van der Waals surface area (Å²) < 4.78 is 50.2. The lowest BCUT2D eigenvalue weighted by molar-refractivity contribution is -0.0881. The highest BCUT2D eigenvalue weighted by molar-refractivity contribution is 9.10. The van der Waals surface area contributed by atoms with Gasteiger partial charge in [-0.15, -0.1) is 9.46 Å². The number of aromatic nitrogens is 1. The topological polar surface area (TPSA) is 102 Å². The summed E-state index contributed by atoms with van der Waals surface area (Å²) in [6.45, 7) is 0.194. The number of aromatic carboxylic acids is 1. The molecule has 0 spiro atoms. The minimum Gasteiger partial charge on any atom is -0.478 e. The van der Waals surface area contributed by atoms with Crippen LogP contribution in [0, 0.1) is 0 Å². The van der Waals surface area contributed by atoms with Gasteiger partial charge in [0, 0.05) is 15.7 Å². The Morgan fingerprint density at radius 1 is 0.955 bits per heavy atom. The summed E-state index contributed by atoms with van der Waals surface area (Å²) >= 11 is 15.8. The third-order valence-corrected chi connectivity index (χ3v) is 9.21. The SMILES string of the molecule is O=C(O)c1ccccc1-c1cccc(-c2cnc(N(Cc3ccc(CP(=O)(OF)OF)c(Br)c3)c3ccc(Cl)c(Cl)c3)o2)c1. The first-order chi connectivity index (χ1) is 21.1. The van der Waals surface area contributed by atoms with E-state index in [0.29, 0.717) is 48.2 Å². The zero-order valence-corrected chi connectivity index (χ0v) is 26.3. The van der Waals surface area contributed by atoms with Crippen LogP contribution >= 0.6 is 46.7 Å². The molecule has 0 amide bonds. The quantitative estimate of drug-likeness (QED) is 0.134. The first-order valence-corrected chi connectivity index (χ1v) is 16.0. The molecule has 4 aromatic carbocycles. The fourth-order valence-corrected chi connectivity index (χ4v) is 6.36. The Balaban J connectivity index is 1.49. The summed E-state index contributed by atoms with van der Waals surface area (Å²) in [7, 11) is -4.59. The van der Waals surface area contributed by atoms with E-state index in [1.54, 1.807) is 71.8 Å². The fraction of sp³-hybridized carbons (Fsp3) is 0.0667. The number of rotatable bonds is 11. The van der Waals surface area contributed by atoms with Crippen molar-refractivity contribution in [1.82, 2.24) is 4.98 Å². The van der Waals surface area contributed by atoms with E-state index >= 15 is 0 Å². The van der Waals surface area contributed by atoms with E-state index < -0.39 is 19.7 Å². The number of carboxylic acids is 1. The van der Waals surface area contributed by atoms with Gasteiger partial charge in [-0.3, -0.25) is 9.46 Å². The molecule has 5 aromatic rings. The molecule has 8 nitrogen and oxygen atoms in total. The number of anilines is 2. The van der Waals surface area contributed by atoms with Crippen LogP contribution in [-0.4, -0.2) is 16.1 Å². The largest absolute Gasteiger partial charge is 0.478 e. The molecule has 0 unspecified atom stereocenters. The summed E-state index contributed by atoms with van der Waals surface area (Å²) in [5.74, 6) is -0.616. The summed E-state index contributed by atoms with van der Waals surface area (Å²) in [6.07, 6.45) is 0.906. The minimum atomic E-state index is -4.59. The van der Waals surface area contributed by atoms with E-state index in [4.69, 9.17) is 27.6 Å². The Labute approximate surface area is 268 Å². The molecule has 44 heavy (non-hydrogen) atoms. The third kappa shape index (κ3) is 7.04. The molecule has 0 atom stereocenters. The standard InChI is InChI=1S/C30H20BrCl2F2N2O6P/c31-25-12-18(8-9-21(25)17-44(40,42-34)43-35)16-37(22-10-11-26(32)27(33)14-22)30-36-15-28(41-30)20-5-3-4-19(13-20)23-6-1-2-7-24(23)29(38)39/h1-15H,16-17H2,(H,38,39). The van der Waals surface area contributed by atoms with Crippen LogP contribution < -0.4 is 4.90 Å². The molecule has 0 radical (unpaired) electrons. The molecule has 0 saturated carbocycles. The zero-order valence-electron chi connectivity index (χ0n) is 22.3. The smallest absolute Gasteiger partial charge is 0.399 e. The van der Waals surface area contributed by atoms with Crippen LogP contribution in [0.4, 0.5) is 20.8 Å². The van der Waals surface area contributed by atoms with E-state index in [1.807, 2.05) is 18.2 Å². The molecule has 0 saturated heterocycles. The highest BCUT2D eigenvalue weighted by atomic mass is 79.9. The van der Waals surface area contributed by atoms with Gasteiger partial charge in [0.05, 0.1) is 34.5 Å². The Bertz CT molecular complexity index is 1880. The second-order valence-corrected chi connectivity index (χ2v) is 12.9. The first kappa shape index (κ1) is 31.8. The van der Waals surface area contributed by atoms with Gasteiger partial charge in [0.15, 0.2) is 5.76 Å². The predicted octanol–water partition coefficient (Wildman–Crippen LogP) is 10.6.